The summed E-state index contributed by atoms with van der Waals surface area (Å²) in [5, 5.41) is 3.71. The van der Waals surface area contributed by atoms with Gasteiger partial charge in [0.2, 0.25) is 0 Å². The normalized spacial score (nSPS) is 27.3. The second kappa shape index (κ2) is 8.97. The van der Waals surface area contributed by atoms with Gasteiger partial charge in [-0.2, -0.15) is 0 Å². The third-order valence-electron chi connectivity index (χ3n) is 4.95. The van der Waals surface area contributed by atoms with Crippen LogP contribution in [0.5, 0.6) is 0 Å². The van der Waals surface area contributed by atoms with Crippen molar-refractivity contribution in [1.29, 1.82) is 0 Å². The Kier molecular flexibility index (Phi) is 7.23. The van der Waals surface area contributed by atoms with Gasteiger partial charge in [0, 0.05) is 12.6 Å². The molecule has 0 bridgehead atoms. The van der Waals surface area contributed by atoms with E-state index in [0.29, 0.717) is 6.10 Å². The van der Waals surface area contributed by atoms with Gasteiger partial charge in [0.05, 0.1) is 6.10 Å². The molecule has 2 unspecified atom stereocenters. The Hall–Kier alpha value is -0.0800. The van der Waals surface area contributed by atoms with Crippen LogP contribution in [0, 0.1) is 5.92 Å². The van der Waals surface area contributed by atoms with Gasteiger partial charge >= 0.3 is 0 Å². The van der Waals surface area contributed by atoms with Gasteiger partial charge in [-0.05, 0) is 51.0 Å². The molecule has 2 heteroatoms. The summed E-state index contributed by atoms with van der Waals surface area (Å²) in [6.45, 7) is 4.35. The van der Waals surface area contributed by atoms with Crippen molar-refractivity contribution in [3.8, 4) is 0 Å². The zero-order valence-corrected chi connectivity index (χ0v) is 12.8. The molecule has 0 radical (unpaired) electrons. The number of rotatable bonds is 7. The molecule has 0 aromatic rings. The first-order chi connectivity index (χ1) is 9.38. The standard InChI is InChI=1S/C17H33NO/c1-2-18-16(14-15-8-4-3-5-9-15)11-12-17-10-6-7-13-19-17/h15-18H,2-14H2,1H3. The molecular formula is C17H33NO. The van der Waals surface area contributed by atoms with Crippen molar-refractivity contribution in [2.24, 2.45) is 5.92 Å². The van der Waals surface area contributed by atoms with Crippen LogP contribution in [0.3, 0.4) is 0 Å². The maximum absolute atomic E-state index is 5.87. The fraction of sp³-hybridized carbons (Fsp3) is 1.00. The molecule has 0 spiro atoms. The second-order valence-corrected chi connectivity index (χ2v) is 6.56. The highest BCUT2D eigenvalue weighted by molar-refractivity contribution is 4.76. The van der Waals surface area contributed by atoms with Crippen LogP contribution in [0.15, 0.2) is 0 Å². The molecular weight excluding hydrogens is 234 g/mol. The average molecular weight is 267 g/mol. The van der Waals surface area contributed by atoms with Crippen molar-refractivity contribution >= 4 is 0 Å². The number of hydrogen-bond acceptors (Lipinski definition) is 2. The Morgan fingerprint density at radius 3 is 2.53 bits per heavy atom. The number of hydrogen-bond donors (Lipinski definition) is 1. The van der Waals surface area contributed by atoms with Gasteiger partial charge in [0.1, 0.15) is 0 Å². The Balaban J connectivity index is 1.68. The summed E-state index contributed by atoms with van der Waals surface area (Å²) >= 11 is 0. The van der Waals surface area contributed by atoms with Gasteiger partial charge in [0.25, 0.3) is 0 Å². The zero-order chi connectivity index (χ0) is 13.3. The molecule has 1 aliphatic heterocycles. The van der Waals surface area contributed by atoms with E-state index in [-0.39, 0.29) is 0 Å². The van der Waals surface area contributed by atoms with E-state index >= 15 is 0 Å². The first-order valence-electron chi connectivity index (χ1n) is 8.73. The molecule has 1 saturated carbocycles. The Labute approximate surface area is 119 Å². The molecule has 19 heavy (non-hydrogen) atoms. The lowest BCUT2D eigenvalue weighted by molar-refractivity contribution is 0.00809. The maximum atomic E-state index is 5.87. The van der Waals surface area contributed by atoms with Crippen LogP contribution < -0.4 is 5.32 Å². The summed E-state index contributed by atoms with van der Waals surface area (Å²) in [5.41, 5.74) is 0. The molecule has 0 aromatic heterocycles. The van der Waals surface area contributed by atoms with Crippen molar-refractivity contribution in [2.75, 3.05) is 13.2 Å². The molecule has 1 N–H and O–H groups in total. The van der Waals surface area contributed by atoms with Gasteiger partial charge in [-0.25, -0.2) is 0 Å². The minimum Gasteiger partial charge on any atom is -0.378 e. The van der Waals surface area contributed by atoms with Crippen LogP contribution in [0.25, 0.3) is 0 Å². The fourth-order valence-corrected chi connectivity index (χ4v) is 3.84. The predicted octanol–water partition coefficient (Wildman–Crippen LogP) is 4.28. The summed E-state index contributed by atoms with van der Waals surface area (Å²) in [6.07, 6.45) is 15.8. The SMILES string of the molecule is CCNC(CCC1CCCCO1)CC1CCCCC1. The lowest BCUT2D eigenvalue weighted by atomic mass is 9.83. The molecule has 2 aliphatic rings. The fourth-order valence-electron chi connectivity index (χ4n) is 3.84. The first-order valence-corrected chi connectivity index (χ1v) is 8.73. The summed E-state index contributed by atoms with van der Waals surface area (Å²) < 4.78 is 5.87. The highest BCUT2D eigenvalue weighted by atomic mass is 16.5. The van der Waals surface area contributed by atoms with E-state index in [9.17, 15) is 0 Å². The van der Waals surface area contributed by atoms with Gasteiger partial charge in [-0.3, -0.25) is 0 Å². The molecule has 2 fully saturated rings. The Bertz CT molecular complexity index is 219. The predicted molar refractivity (Wildman–Crippen MR) is 81.5 cm³/mol. The molecule has 1 heterocycles. The maximum Gasteiger partial charge on any atom is 0.0575 e. The molecule has 112 valence electrons. The lowest BCUT2D eigenvalue weighted by Crippen LogP contribution is -2.33. The minimum absolute atomic E-state index is 0.557. The first kappa shape index (κ1) is 15.3. The molecule has 1 aliphatic carbocycles. The van der Waals surface area contributed by atoms with Crippen molar-refractivity contribution in [3.05, 3.63) is 0 Å². The van der Waals surface area contributed by atoms with Crippen molar-refractivity contribution in [3.63, 3.8) is 0 Å². The summed E-state index contributed by atoms with van der Waals surface area (Å²) in [4.78, 5) is 0. The third kappa shape index (κ3) is 5.83. The molecule has 0 aromatic carbocycles. The highest BCUT2D eigenvalue weighted by Gasteiger charge is 2.20. The Morgan fingerprint density at radius 2 is 1.84 bits per heavy atom. The van der Waals surface area contributed by atoms with E-state index in [1.807, 2.05) is 0 Å². The van der Waals surface area contributed by atoms with E-state index in [1.165, 1.54) is 70.6 Å². The van der Waals surface area contributed by atoms with Crippen LogP contribution in [0.2, 0.25) is 0 Å². The van der Waals surface area contributed by atoms with Gasteiger partial charge in [-0.15, -0.1) is 0 Å². The van der Waals surface area contributed by atoms with Gasteiger partial charge in [-0.1, -0.05) is 39.0 Å². The quantitative estimate of drug-likeness (QED) is 0.743. The van der Waals surface area contributed by atoms with Crippen LogP contribution in [-0.4, -0.2) is 25.3 Å². The molecule has 1 saturated heterocycles. The molecule has 2 rings (SSSR count). The summed E-state index contributed by atoms with van der Waals surface area (Å²) in [7, 11) is 0. The second-order valence-electron chi connectivity index (χ2n) is 6.56. The molecule has 2 nitrogen and oxygen atoms in total. The van der Waals surface area contributed by atoms with Crippen LogP contribution in [-0.2, 0) is 4.74 Å². The minimum atomic E-state index is 0.557. The molecule has 0 amide bonds. The monoisotopic (exact) mass is 267 g/mol. The summed E-state index contributed by atoms with van der Waals surface area (Å²) in [6, 6.07) is 0.735. The van der Waals surface area contributed by atoms with E-state index in [2.05, 4.69) is 12.2 Å². The molecule has 2 atom stereocenters. The van der Waals surface area contributed by atoms with Crippen LogP contribution >= 0.6 is 0 Å². The number of ether oxygens (including phenoxy) is 1. The third-order valence-corrected chi connectivity index (χ3v) is 4.95. The van der Waals surface area contributed by atoms with Crippen molar-refractivity contribution in [2.45, 2.75) is 89.7 Å². The number of nitrogens with one attached hydrogen (secondary N) is 1. The zero-order valence-electron chi connectivity index (χ0n) is 12.8. The van der Waals surface area contributed by atoms with Gasteiger partial charge in [0.15, 0.2) is 0 Å². The van der Waals surface area contributed by atoms with E-state index < -0.39 is 0 Å². The Morgan fingerprint density at radius 1 is 1.05 bits per heavy atom. The topological polar surface area (TPSA) is 21.3 Å². The van der Waals surface area contributed by atoms with Crippen LogP contribution in [0.4, 0.5) is 0 Å². The highest BCUT2D eigenvalue weighted by Crippen LogP contribution is 2.29. The largest absolute Gasteiger partial charge is 0.378 e. The average Bonchev–Trinajstić information content (AvgIpc) is 2.47. The van der Waals surface area contributed by atoms with Crippen molar-refractivity contribution < 1.29 is 4.74 Å². The smallest absolute Gasteiger partial charge is 0.0575 e. The van der Waals surface area contributed by atoms with Crippen molar-refractivity contribution in [1.82, 2.24) is 5.32 Å². The van der Waals surface area contributed by atoms with Crippen LogP contribution in [0.1, 0.15) is 77.6 Å². The van der Waals surface area contributed by atoms with E-state index in [0.717, 1.165) is 25.1 Å². The lowest BCUT2D eigenvalue weighted by Gasteiger charge is -2.29. The van der Waals surface area contributed by atoms with Gasteiger partial charge < -0.3 is 10.1 Å². The summed E-state index contributed by atoms with van der Waals surface area (Å²) in [5.74, 6) is 0.991. The van der Waals surface area contributed by atoms with E-state index in [4.69, 9.17) is 4.74 Å². The van der Waals surface area contributed by atoms with E-state index in [1.54, 1.807) is 0 Å².